The minimum atomic E-state index is 0.152. The summed E-state index contributed by atoms with van der Waals surface area (Å²) in [5.74, 6) is 0.606. The second-order valence-electron chi connectivity index (χ2n) is 6.60. The maximum atomic E-state index is 6.23. The predicted molar refractivity (Wildman–Crippen MR) is 94.4 cm³/mol. The molecule has 0 amide bonds. The third kappa shape index (κ3) is 6.68. The zero-order chi connectivity index (χ0) is 16.0. The molecular weight excluding hydrogens is 282 g/mol. The monoisotopic (exact) mass is 311 g/mol. The molecule has 1 aromatic rings. The van der Waals surface area contributed by atoms with E-state index in [1.54, 1.807) is 0 Å². The molecule has 1 atom stereocenters. The second-order valence-corrected chi connectivity index (χ2v) is 7.03. The van der Waals surface area contributed by atoms with Gasteiger partial charge in [0.25, 0.3) is 0 Å². The van der Waals surface area contributed by atoms with E-state index >= 15 is 0 Å². The van der Waals surface area contributed by atoms with Crippen molar-refractivity contribution in [1.82, 2.24) is 4.90 Å². The number of hydrogen-bond donors (Lipinski definition) is 1. The van der Waals surface area contributed by atoms with Crippen molar-refractivity contribution < 1.29 is 0 Å². The summed E-state index contributed by atoms with van der Waals surface area (Å²) in [6.07, 6.45) is 0.878. The first kappa shape index (κ1) is 18.3. The molecule has 1 rings (SSSR count). The standard InChI is InChI=1S/C17H30ClN3/c1-13(2)12-21(9-8-20(4)5)17-11-16(18)7-6-15(17)10-14(3)19/h6-7,11,13-14H,8-10,12,19H2,1-5H3. The summed E-state index contributed by atoms with van der Waals surface area (Å²) in [5.41, 5.74) is 8.51. The maximum absolute atomic E-state index is 6.23. The SMILES string of the molecule is CC(C)CN(CCN(C)C)c1cc(Cl)ccc1CC(C)N. The van der Waals surface area contributed by atoms with Crippen LogP contribution < -0.4 is 10.6 Å². The zero-order valence-electron chi connectivity index (χ0n) is 14.1. The largest absolute Gasteiger partial charge is 0.370 e. The van der Waals surface area contributed by atoms with Crippen molar-refractivity contribution in [2.24, 2.45) is 11.7 Å². The van der Waals surface area contributed by atoms with Gasteiger partial charge in [0, 0.05) is 36.4 Å². The van der Waals surface area contributed by atoms with Crippen LogP contribution in [0.5, 0.6) is 0 Å². The van der Waals surface area contributed by atoms with E-state index in [9.17, 15) is 0 Å². The molecule has 0 bridgehead atoms. The molecule has 0 aliphatic carbocycles. The van der Waals surface area contributed by atoms with E-state index in [1.807, 2.05) is 13.0 Å². The van der Waals surface area contributed by atoms with Gasteiger partial charge in [-0.05, 0) is 51.1 Å². The average Bonchev–Trinajstić information content (AvgIpc) is 2.35. The minimum absolute atomic E-state index is 0.152. The number of nitrogens with zero attached hydrogens (tertiary/aromatic N) is 2. The first-order chi connectivity index (χ1) is 9.79. The summed E-state index contributed by atoms with van der Waals surface area (Å²) >= 11 is 6.23. The summed E-state index contributed by atoms with van der Waals surface area (Å²) < 4.78 is 0. The molecule has 1 aromatic carbocycles. The number of likely N-dealkylation sites (N-methyl/N-ethyl adjacent to an activating group) is 1. The Morgan fingerprint density at radius 1 is 1.14 bits per heavy atom. The highest BCUT2D eigenvalue weighted by Crippen LogP contribution is 2.26. The Hall–Kier alpha value is -0.770. The maximum Gasteiger partial charge on any atom is 0.0426 e. The topological polar surface area (TPSA) is 32.5 Å². The number of nitrogens with two attached hydrogens (primary N) is 1. The predicted octanol–water partition coefficient (Wildman–Crippen LogP) is 3.25. The molecular formula is C17H30ClN3. The van der Waals surface area contributed by atoms with Gasteiger partial charge >= 0.3 is 0 Å². The Morgan fingerprint density at radius 2 is 1.81 bits per heavy atom. The lowest BCUT2D eigenvalue weighted by molar-refractivity contribution is 0.409. The van der Waals surface area contributed by atoms with Gasteiger partial charge in [0.1, 0.15) is 0 Å². The Morgan fingerprint density at radius 3 is 2.33 bits per heavy atom. The molecule has 1 unspecified atom stereocenters. The van der Waals surface area contributed by atoms with Crippen LogP contribution in [0.3, 0.4) is 0 Å². The van der Waals surface area contributed by atoms with E-state index in [0.29, 0.717) is 5.92 Å². The first-order valence-electron chi connectivity index (χ1n) is 7.73. The van der Waals surface area contributed by atoms with Gasteiger partial charge < -0.3 is 15.5 Å². The van der Waals surface area contributed by atoms with Crippen molar-refractivity contribution >= 4 is 17.3 Å². The molecule has 120 valence electrons. The lowest BCUT2D eigenvalue weighted by Crippen LogP contribution is -2.35. The minimum Gasteiger partial charge on any atom is -0.370 e. The fourth-order valence-electron chi connectivity index (χ4n) is 2.42. The molecule has 0 fully saturated rings. The van der Waals surface area contributed by atoms with E-state index in [4.69, 9.17) is 17.3 Å². The van der Waals surface area contributed by atoms with Gasteiger partial charge in [-0.3, -0.25) is 0 Å². The van der Waals surface area contributed by atoms with Crippen LogP contribution in [-0.4, -0.2) is 44.7 Å². The molecule has 0 saturated carbocycles. The molecule has 0 aromatic heterocycles. The Kier molecular flexibility index (Phi) is 7.50. The van der Waals surface area contributed by atoms with E-state index in [-0.39, 0.29) is 6.04 Å². The normalized spacial score (nSPS) is 13.0. The fraction of sp³-hybridized carbons (Fsp3) is 0.647. The lowest BCUT2D eigenvalue weighted by Gasteiger charge is -2.30. The number of halogens is 1. The Bertz CT molecular complexity index is 430. The number of anilines is 1. The third-order valence-corrected chi connectivity index (χ3v) is 3.57. The van der Waals surface area contributed by atoms with Crippen molar-refractivity contribution in [2.45, 2.75) is 33.2 Å². The molecule has 0 saturated heterocycles. The van der Waals surface area contributed by atoms with E-state index < -0.39 is 0 Å². The summed E-state index contributed by atoms with van der Waals surface area (Å²) in [6, 6.07) is 6.31. The zero-order valence-corrected chi connectivity index (χ0v) is 14.8. The molecule has 0 heterocycles. The van der Waals surface area contributed by atoms with Gasteiger partial charge in [-0.25, -0.2) is 0 Å². The molecule has 2 N–H and O–H groups in total. The molecule has 21 heavy (non-hydrogen) atoms. The van der Waals surface area contributed by atoms with Gasteiger partial charge in [-0.2, -0.15) is 0 Å². The highest BCUT2D eigenvalue weighted by atomic mass is 35.5. The quantitative estimate of drug-likeness (QED) is 0.800. The smallest absolute Gasteiger partial charge is 0.0426 e. The molecule has 0 aliphatic heterocycles. The van der Waals surface area contributed by atoms with Gasteiger partial charge in [-0.1, -0.05) is 31.5 Å². The van der Waals surface area contributed by atoms with Gasteiger partial charge in [0.15, 0.2) is 0 Å². The van der Waals surface area contributed by atoms with E-state index in [1.165, 1.54) is 11.3 Å². The molecule has 3 nitrogen and oxygen atoms in total. The van der Waals surface area contributed by atoms with Crippen molar-refractivity contribution in [1.29, 1.82) is 0 Å². The fourth-order valence-corrected chi connectivity index (χ4v) is 2.59. The van der Waals surface area contributed by atoms with Crippen LogP contribution >= 0.6 is 11.6 Å². The van der Waals surface area contributed by atoms with Crippen LogP contribution in [0.4, 0.5) is 5.69 Å². The summed E-state index contributed by atoms with van der Waals surface area (Å²) in [6.45, 7) is 9.59. The lowest BCUT2D eigenvalue weighted by atomic mass is 10.0. The van der Waals surface area contributed by atoms with Crippen molar-refractivity contribution in [3.63, 3.8) is 0 Å². The highest BCUT2D eigenvalue weighted by Gasteiger charge is 2.14. The first-order valence-corrected chi connectivity index (χ1v) is 8.11. The van der Waals surface area contributed by atoms with Crippen LogP contribution in [0, 0.1) is 5.92 Å². The molecule has 0 spiro atoms. The van der Waals surface area contributed by atoms with Crippen molar-refractivity contribution in [3.8, 4) is 0 Å². The Balaban J connectivity index is 3.05. The summed E-state index contributed by atoms with van der Waals surface area (Å²) in [4.78, 5) is 4.65. The van der Waals surface area contributed by atoms with E-state index in [0.717, 1.165) is 31.1 Å². The highest BCUT2D eigenvalue weighted by molar-refractivity contribution is 6.30. The summed E-state index contributed by atoms with van der Waals surface area (Å²) in [7, 11) is 4.21. The summed E-state index contributed by atoms with van der Waals surface area (Å²) in [5, 5.41) is 0.789. The number of benzene rings is 1. The van der Waals surface area contributed by atoms with Crippen molar-refractivity contribution in [3.05, 3.63) is 28.8 Å². The van der Waals surface area contributed by atoms with Crippen LogP contribution in [0.25, 0.3) is 0 Å². The average molecular weight is 312 g/mol. The van der Waals surface area contributed by atoms with Crippen LogP contribution in [0.1, 0.15) is 26.3 Å². The molecule has 4 heteroatoms. The van der Waals surface area contributed by atoms with Crippen molar-refractivity contribution in [2.75, 3.05) is 38.6 Å². The van der Waals surface area contributed by atoms with Gasteiger partial charge in [-0.15, -0.1) is 0 Å². The number of hydrogen-bond acceptors (Lipinski definition) is 3. The van der Waals surface area contributed by atoms with Crippen LogP contribution in [0.15, 0.2) is 18.2 Å². The van der Waals surface area contributed by atoms with Gasteiger partial charge in [0.2, 0.25) is 0 Å². The third-order valence-electron chi connectivity index (χ3n) is 3.33. The Labute approximate surface area is 135 Å². The van der Waals surface area contributed by atoms with Crippen LogP contribution in [0.2, 0.25) is 5.02 Å². The van der Waals surface area contributed by atoms with E-state index in [2.05, 4.69) is 49.9 Å². The van der Waals surface area contributed by atoms with Crippen LogP contribution in [-0.2, 0) is 6.42 Å². The molecule has 0 aliphatic rings. The van der Waals surface area contributed by atoms with Gasteiger partial charge in [0.05, 0.1) is 0 Å². The molecule has 0 radical (unpaired) electrons. The number of rotatable bonds is 8. The second kappa shape index (κ2) is 8.62.